The first-order chi connectivity index (χ1) is 9.31. The monoisotopic (exact) mass is 277 g/mol. The smallest absolute Gasteiger partial charge is 0.0408 e. The minimum Gasteiger partial charge on any atom is -0.314 e. The van der Waals surface area contributed by atoms with Crippen LogP contribution in [0.15, 0.2) is 24.3 Å². The molecule has 1 aromatic carbocycles. The number of hydrogen-bond donors (Lipinski definition) is 1. The fourth-order valence-corrected chi connectivity index (χ4v) is 3.74. The topological polar surface area (TPSA) is 12.0 Å². The Balaban J connectivity index is 1.40. The lowest BCUT2D eigenvalue weighted by Gasteiger charge is -2.37. The lowest BCUT2D eigenvalue weighted by molar-refractivity contribution is 0.255. The zero-order valence-corrected chi connectivity index (χ0v) is 12.3. The summed E-state index contributed by atoms with van der Waals surface area (Å²) in [5.41, 5.74) is 1.42. The first-order valence-electron chi connectivity index (χ1n) is 7.80. The molecule has 2 aliphatic rings. The summed E-state index contributed by atoms with van der Waals surface area (Å²) in [7, 11) is 0. The molecule has 0 heterocycles. The van der Waals surface area contributed by atoms with E-state index in [2.05, 4.69) is 23.5 Å². The highest BCUT2D eigenvalue weighted by Gasteiger charge is 2.30. The van der Waals surface area contributed by atoms with Crippen molar-refractivity contribution in [2.45, 2.75) is 56.9 Å². The van der Waals surface area contributed by atoms with Crippen LogP contribution in [0.3, 0.4) is 0 Å². The molecule has 1 N–H and O–H groups in total. The van der Waals surface area contributed by atoms with Crippen molar-refractivity contribution < 1.29 is 0 Å². The van der Waals surface area contributed by atoms with Crippen molar-refractivity contribution in [1.29, 1.82) is 0 Å². The third kappa shape index (κ3) is 3.52. The lowest BCUT2D eigenvalue weighted by Crippen LogP contribution is -2.42. The molecule has 0 aromatic heterocycles. The zero-order chi connectivity index (χ0) is 13.1. The summed E-state index contributed by atoms with van der Waals surface area (Å²) in [6.45, 7) is 1.24. The fraction of sp³-hybridized carbons (Fsp3) is 0.647. The van der Waals surface area contributed by atoms with Crippen molar-refractivity contribution in [2.75, 3.05) is 6.54 Å². The van der Waals surface area contributed by atoms with E-state index >= 15 is 0 Å². The van der Waals surface area contributed by atoms with Crippen molar-refractivity contribution in [1.82, 2.24) is 5.32 Å². The van der Waals surface area contributed by atoms with Gasteiger partial charge < -0.3 is 5.32 Å². The second-order valence-corrected chi connectivity index (χ2v) is 6.77. The number of rotatable bonds is 4. The molecule has 104 valence electrons. The van der Waals surface area contributed by atoms with E-state index in [1.165, 1.54) is 57.1 Å². The predicted octanol–water partition coefficient (Wildman–Crippen LogP) is 4.76. The third-order valence-corrected chi connectivity index (χ3v) is 5.11. The Bertz CT molecular complexity index is 405. The Morgan fingerprint density at radius 3 is 2.63 bits per heavy atom. The summed E-state index contributed by atoms with van der Waals surface area (Å²) in [6.07, 6.45) is 9.80. The molecular formula is C17H24ClN. The Hall–Kier alpha value is -0.530. The normalized spacial score (nSPS) is 28.1. The molecule has 2 heteroatoms. The quantitative estimate of drug-likeness (QED) is 0.837. The Labute approximate surface area is 121 Å². The summed E-state index contributed by atoms with van der Waals surface area (Å²) >= 11 is 6.05. The molecule has 2 fully saturated rings. The molecule has 0 bridgehead atoms. The van der Waals surface area contributed by atoms with Gasteiger partial charge in [-0.25, -0.2) is 0 Å². The first-order valence-corrected chi connectivity index (χ1v) is 8.18. The molecule has 3 rings (SSSR count). The van der Waals surface area contributed by atoms with Crippen molar-refractivity contribution in [3.05, 3.63) is 34.9 Å². The lowest BCUT2D eigenvalue weighted by atomic mass is 9.75. The van der Waals surface area contributed by atoms with Crippen molar-refractivity contribution in [3.8, 4) is 0 Å². The van der Waals surface area contributed by atoms with Gasteiger partial charge in [-0.1, -0.05) is 43.0 Å². The molecule has 1 nitrogen and oxygen atoms in total. The SMILES string of the molecule is Clc1cccc(C2CC(NCC3CCCCC3)C2)c1. The minimum atomic E-state index is 0.725. The standard InChI is InChI=1S/C17H24ClN/c18-16-8-4-7-14(9-16)15-10-17(11-15)19-12-13-5-2-1-3-6-13/h4,7-9,13,15,17,19H,1-3,5-6,10-12H2. The van der Waals surface area contributed by atoms with Gasteiger partial charge in [-0.15, -0.1) is 0 Å². The Morgan fingerprint density at radius 1 is 1.11 bits per heavy atom. The van der Waals surface area contributed by atoms with Crippen molar-refractivity contribution >= 4 is 11.6 Å². The number of hydrogen-bond acceptors (Lipinski definition) is 1. The highest BCUT2D eigenvalue weighted by Crippen LogP contribution is 2.37. The second kappa shape index (κ2) is 6.28. The number of benzene rings is 1. The molecule has 0 saturated heterocycles. The fourth-order valence-electron chi connectivity index (χ4n) is 3.54. The predicted molar refractivity (Wildman–Crippen MR) is 81.8 cm³/mol. The summed E-state index contributed by atoms with van der Waals surface area (Å²) in [5, 5.41) is 4.64. The van der Waals surface area contributed by atoms with Gasteiger partial charge in [0.2, 0.25) is 0 Å². The van der Waals surface area contributed by atoms with Crippen LogP contribution < -0.4 is 5.32 Å². The molecular weight excluding hydrogens is 254 g/mol. The van der Waals surface area contributed by atoms with E-state index in [-0.39, 0.29) is 0 Å². The second-order valence-electron chi connectivity index (χ2n) is 6.33. The van der Waals surface area contributed by atoms with Crippen LogP contribution in [0.4, 0.5) is 0 Å². The highest BCUT2D eigenvalue weighted by molar-refractivity contribution is 6.30. The molecule has 0 unspecified atom stereocenters. The van der Waals surface area contributed by atoms with E-state index < -0.39 is 0 Å². The third-order valence-electron chi connectivity index (χ3n) is 4.88. The van der Waals surface area contributed by atoms with Gasteiger partial charge in [0.05, 0.1) is 0 Å². The molecule has 0 atom stereocenters. The van der Waals surface area contributed by atoms with Crippen LogP contribution in [0.5, 0.6) is 0 Å². The maximum Gasteiger partial charge on any atom is 0.0408 e. The van der Waals surface area contributed by atoms with E-state index in [0.717, 1.165) is 22.9 Å². The van der Waals surface area contributed by atoms with Crippen molar-refractivity contribution in [3.63, 3.8) is 0 Å². The molecule has 0 amide bonds. The molecule has 19 heavy (non-hydrogen) atoms. The maximum atomic E-state index is 6.05. The molecule has 0 radical (unpaired) electrons. The molecule has 0 aliphatic heterocycles. The van der Waals surface area contributed by atoms with Crippen LogP contribution in [-0.4, -0.2) is 12.6 Å². The zero-order valence-electron chi connectivity index (χ0n) is 11.6. The summed E-state index contributed by atoms with van der Waals surface area (Å²) < 4.78 is 0. The number of halogens is 1. The van der Waals surface area contributed by atoms with Crippen LogP contribution in [0.25, 0.3) is 0 Å². The summed E-state index contributed by atoms with van der Waals surface area (Å²) in [6, 6.07) is 9.12. The van der Waals surface area contributed by atoms with Crippen LogP contribution in [-0.2, 0) is 0 Å². The van der Waals surface area contributed by atoms with Gasteiger partial charge in [-0.05, 0) is 61.8 Å². The minimum absolute atomic E-state index is 0.725. The molecule has 1 aromatic rings. The number of nitrogens with one attached hydrogen (secondary N) is 1. The summed E-state index contributed by atoms with van der Waals surface area (Å²) in [5.74, 6) is 1.67. The van der Waals surface area contributed by atoms with Crippen LogP contribution in [0.2, 0.25) is 5.02 Å². The average molecular weight is 278 g/mol. The van der Waals surface area contributed by atoms with Gasteiger partial charge >= 0.3 is 0 Å². The Morgan fingerprint density at radius 2 is 1.89 bits per heavy atom. The van der Waals surface area contributed by atoms with E-state index in [0.29, 0.717) is 0 Å². The van der Waals surface area contributed by atoms with Gasteiger partial charge in [0.1, 0.15) is 0 Å². The van der Waals surface area contributed by atoms with E-state index in [4.69, 9.17) is 11.6 Å². The van der Waals surface area contributed by atoms with E-state index in [1.807, 2.05) is 6.07 Å². The van der Waals surface area contributed by atoms with Crippen LogP contribution in [0, 0.1) is 5.92 Å². The van der Waals surface area contributed by atoms with Gasteiger partial charge in [0.25, 0.3) is 0 Å². The average Bonchev–Trinajstić information content (AvgIpc) is 2.38. The Kier molecular flexibility index (Phi) is 4.45. The highest BCUT2D eigenvalue weighted by atomic mass is 35.5. The van der Waals surface area contributed by atoms with Gasteiger partial charge in [0, 0.05) is 11.1 Å². The van der Waals surface area contributed by atoms with Gasteiger partial charge in [-0.2, -0.15) is 0 Å². The van der Waals surface area contributed by atoms with E-state index in [1.54, 1.807) is 0 Å². The molecule has 0 spiro atoms. The van der Waals surface area contributed by atoms with Crippen LogP contribution in [0.1, 0.15) is 56.4 Å². The first kappa shape index (κ1) is 13.5. The van der Waals surface area contributed by atoms with Gasteiger partial charge in [0.15, 0.2) is 0 Å². The van der Waals surface area contributed by atoms with E-state index in [9.17, 15) is 0 Å². The largest absolute Gasteiger partial charge is 0.314 e. The van der Waals surface area contributed by atoms with Gasteiger partial charge in [-0.3, -0.25) is 0 Å². The maximum absolute atomic E-state index is 6.05. The molecule has 2 saturated carbocycles. The van der Waals surface area contributed by atoms with Crippen LogP contribution >= 0.6 is 11.6 Å². The molecule has 2 aliphatic carbocycles. The summed E-state index contributed by atoms with van der Waals surface area (Å²) in [4.78, 5) is 0. The van der Waals surface area contributed by atoms with Crippen molar-refractivity contribution in [2.24, 2.45) is 5.92 Å².